The van der Waals surface area contributed by atoms with Gasteiger partial charge in [-0.15, -0.1) is 11.3 Å². The van der Waals surface area contributed by atoms with Crippen LogP contribution in [0.1, 0.15) is 25.3 Å². The van der Waals surface area contributed by atoms with Gasteiger partial charge in [0.05, 0.1) is 0 Å². The Hall–Kier alpha value is -4.66. The Morgan fingerprint density at radius 2 is 1.10 bits per heavy atom. The SMILES string of the molecule is CC(C)c1ccc(N(c2cccc(-c3ccccc3)c2)c2cccc(-c3cccc4c3sc3ccccc34)c2)cc1. The molecule has 0 aliphatic carbocycles. The highest BCUT2D eigenvalue weighted by Crippen LogP contribution is 2.42. The first-order valence-electron chi connectivity index (χ1n) is 14.2. The van der Waals surface area contributed by atoms with Crippen molar-refractivity contribution in [3.05, 3.63) is 151 Å². The van der Waals surface area contributed by atoms with Crippen LogP contribution < -0.4 is 4.90 Å². The Kier molecular flexibility index (Phi) is 6.62. The van der Waals surface area contributed by atoms with Crippen LogP contribution in [0.15, 0.2) is 146 Å². The van der Waals surface area contributed by atoms with Crippen LogP contribution >= 0.6 is 11.3 Å². The maximum absolute atomic E-state index is 2.38. The predicted octanol–water partition coefficient (Wildman–Crippen LogP) is 12.0. The molecule has 0 aliphatic heterocycles. The van der Waals surface area contributed by atoms with Crippen molar-refractivity contribution < 1.29 is 0 Å². The van der Waals surface area contributed by atoms with E-state index in [0.29, 0.717) is 5.92 Å². The molecule has 41 heavy (non-hydrogen) atoms. The first-order chi connectivity index (χ1) is 20.2. The molecular formula is C39H31NS. The van der Waals surface area contributed by atoms with Crippen molar-refractivity contribution >= 4 is 48.6 Å². The highest BCUT2D eigenvalue weighted by molar-refractivity contribution is 7.26. The van der Waals surface area contributed by atoms with Crippen LogP contribution in [0.5, 0.6) is 0 Å². The summed E-state index contributed by atoms with van der Waals surface area (Å²) in [6, 6.07) is 52.9. The van der Waals surface area contributed by atoms with Crippen molar-refractivity contribution in [3.63, 3.8) is 0 Å². The molecule has 0 aliphatic rings. The molecular weight excluding hydrogens is 515 g/mol. The molecule has 0 spiro atoms. The molecule has 0 saturated carbocycles. The van der Waals surface area contributed by atoms with Crippen molar-refractivity contribution in [1.29, 1.82) is 0 Å². The summed E-state index contributed by atoms with van der Waals surface area (Å²) in [7, 11) is 0. The predicted molar refractivity (Wildman–Crippen MR) is 179 cm³/mol. The molecule has 0 bridgehead atoms. The topological polar surface area (TPSA) is 3.24 Å². The van der Waals surface area contributed by atoms with E-state index in [-0.39, 0.29) is 0 Å². The molecule has 2 heteroatoms. The lowest BCUT2D eigenvalue weighted by Gasteiger charge is -2.27. The monoisotopic (exact) mass is 545 g/mol. The number of fused-ring (bicyclic) bond motifs is 3. The molecule has 0 amide bonds. The van der Waals surface area contributed by atoms with Crippen LogP contribution in [0.25, 0.3) is 42.4 Å². The number of thiophene rings is 1. The number of benzene rings is 6. The summed E-state index contributed by atoms with van der Waals surface area (Å²) in [4.78, 5) is 2.38. The molecule has 1 nitrogen and oxygen atoms in total. The van der Waals surface area contributed by atoms with Gasteiger partial charge in [-0.1, -0.05) is 117 Å². The lowest BCUT2D eigenvalue weighted by molar-refractivity contribution is 0.866. The fraction of sp³-hybridized carbons (Fsp3) is 0.0769. The zero-order valence-electron chi connectivity index (χ0n) is 23.3. The maximum Gasteiger partial charge on any atom is 0.0467 e. The summed E-state index contributed by atoms with van der Waals surface area (Å²) in [5.74, 6) is 0.490. The molecule has 0 unspecified atom stereocenters. The molecule has 7 rings (SSSR count). The van der Waals surface area contributed by atoms with Crippen molar-refractivity contribution in [3.8, 4) is 22.3 Å². The van der Waals surface area contributed by atoms with Crippen LogP contribution in [-0.2, 0) is 0 Å². The molecule has 7 aromatic rings. The zero-order valence-corrected chi connectivity index (χ0v) is 24.1. The molecule has 0 saturated heterocycles. The van der Waals surface area contributed by atoms with Crippen LogP contribution in [0, 0.1) is 0 Å². The summed E-state index contributed by atoms with van der Waals surface area (Å²) >= 11 is 1.88. The van der Waals surface area contributed by atoms with Crippen molar-refractivity contribution in [2.75, 3.05) is 4.90 Å². The molecule has 198 valence electrons. The van der Waals surface area contributed by atoms with E-state index in [9.17, 15) is 0 Å². The highest BCUT2D eigenvalue weighted by atomic mass is 32.1. The van der Waals surface area contributed by atoms with E-state index in [1.807, 2.05) is 11.3 Å². The van der Waals surface area contributed by atoms with Crippen LogP contribution in [-0.4, -0.2) is 0 Å². The molecule has 1 heterocycles. The van der Waals surface area contributed by atoms with Crippen molar-refractivity contribution in [2.24, 2.45) is 0 Å². The highest BCUT2D eigenvalue weighted by Gasteiger charge is 2.16. The minimum atomic E-state index is 0.490. The van der Waals surface area contributed by atoms with E-state index in [1.54, 1.807) is 0 Å². The summed E-state index contributed by atoms with van der Waals surface area (Å²) in [5, 5.41) is 2.65. The van der Waals surface area contributed by atoms with Gasteiger partial charge in [-0.3, -0.25) is 0 Å². The van der Waals surface area contributed by atoms with Gasteiger partial charge in [-0.2, -0.15) is 0 Å². The largest absolute Gasteiger partial charge is 0.310 e. The van der Waals surface area contributed by atoms with Gasteiger partial charge < -0.3 is 4.90 Å². The molecule has 0 N–H and O–H groups in total. The van der Waals surface area contributed by atoms with Gasteiger partial charge in [0.25, 0.3) is 0 Å². The smallest absolute Gasteiger partial charge is 0.0467 e. The van der Waals surface area contributed by atoms with Crippen molar-refractivity contribution in [2.45, 2.75) is 19.8 Å². The van der Waals surface area contributed by atoms with Gasteiger partial charge in [-0.25, -0.2) is 0 Å². The first-order valence-corrected chi connectivity index (χ1v) is 15.0. The normalized spacial score (nSPS) is 11.4. The molecule has 0 atom stereocenters. The summed E-state index contributed by atoms with van der Waals surface area (Å²) in [6.07, 6.45) is 0. The average Bonchev–Trinajstić information content (AvgIpc) is 3.41. The number of anilines is 3. The Balaban J connectivity index is 1.38. The van der Waals surface area contributed by atoms with Gasteiger partial charge in [0.2, 0.25) is 0 Å². The molecule has 1 aromatic heterocycles. The van der Waals surface area contributed by atoms with Gasteiger partial charge in [0.1, 0.15) is 0 Å². The fourth-order valence-electron chi connectivity index (χ4n) is 5.70. The van der Waals surface area contributed by atoms with Crippen LogP contribution in [0.2, 0.25) is 0 Å². The Morgan fingerprint density at radius 3 is 1.85 bits per heavy atom. The lowest BCUT2D eigenvalue weighted by Crippen LogP contribution is -2.10. The van der Waals surface area contributed by atoms with E-state index in [1.165, 1.54) is 48.0 Å². The number of hydrogen-bond acceptors (Lipinski definition) is 2. The van der Waals surface area contributed by atoms with E-state index in [4.69, 9.17) is 0 Å². The number of nitrogens with zero attached hydrogens (tertiary/aromatic N) is 1. The van der Waals surface area contributed by atoms with Gasteiger partial charge in [0, 0.05) is 37.2 Å². The molecule has 0 radical (unpaired) electrons. The zero-order chi connectivity index (χ0) is 27.8. The minimum absolute atomic E-state index is 0.490. The molecule has 6 aromatic carbocycles. The van der Waals surface area contributed by atoms with Crippen LogP contribution in [0.4, 0.5) is 17.1 Å². The maximum atomic E-state index is 2.38. The van der Waals surface area contributed by atoms with Gasteiger partial charge in [0.15, 0.2) is 0 Å². The summed E-state index contributed by atoms with van der Waals surface area (Å²) in [5.41, 5.74) is 9.70. The Morgan fingerprint density at radius 1 is 0.488 bits per heavy atom. The number of rotatable bonds is 6. The third-order valence-electron chi connectivity index (χ3n) is 7.85. The van der Waals surface area contributed by atoms with Gasteiger partial charge in [-0.05, 0) is 76.2 Å². The van der Waals surface area contributed by atoms with E-state index in [0.717, 1.165) is 17.1 Å². The van der Waals surface area contributed by atoms with E-state index in [2.05, 4.69) is 164 Å². The number of hydrogen-bond donors (Lipinski definition) is 0. The fourth-order valence-corrected chi connectivity index (χ4v) is 6.94. The second-order valence-corrected chi connectivity index (χ2v) is 11.9. The second kappa shape index (κ2) is 10.7. The second-order valence-electron chi connectivity index (χ2n) is 10.8. The first kappa shape index (κ1) is 25.3. The third-order valence-corrected chi connectivity index (χ3v) is 9.07. The minimum Gasteiger partial charge on any atom is -0.310 e. The standard InChI is InChI=1S/C39H31NS/c1-27(2)28-21-23-32(24-22-28)40(33-15-8-13-30(25-33)29-11-4-3-5-12-29)34-16-9-14-31(26-34)35-18-10-19-37-36-17-6-7-20-38(36)41-39(35)37/h3-27H,1-2H3. The quantitative estimate of drug-likeness (QED) is 0.201. The molecule has 0 fully saturated rings. The van der Waals surface area contributed by atoms with Crippen molar-refractivity contribution in [1.82, 2.24) is 0 Å². The summed E-state index contributed by atoms with van der Waals surface area (Å²) < 4.78 is 2.67. The Bertz CT molecular complexity index is 1970. The van der Waals surface area contributed by atoms with Gasteiger partial charge >= 0.3 is 0 Å². The average molecular weight is 546 g/mol. The lowest BCUT2D eigenvalue weighted by atomic mass is 10.0. The third kappa shape index (κ3) is 4.81. The van der Waals surface area contributed by atoms with E-state index >= 15 is 0 Å². The van der Waals surface area contributed by atoms with E-state index < -0.39 is 0 Å². The Labute approximate surface area is 246 Å². The summed E-state index contributed by atoms with van der Waals surface area (Å²) in [6.45, 7) is 4.49. The van der Waals surface area contributed by atoms with Crippen LogP contribution in [0.3, 0.4) is 0 Å².